The molecule has 1 aliphatic heterocycles. The fraction of sp³-hybridized carbons (Fsp3) is 0.333. The first kappa shape index (κ1) is 14.6. The summed E-state index contributed by atoms with van der Waals surface area (Å²) >= 11 is 0. The molecule has 1 aromatic carbocycles. The summed E-state index contributed by atoms with van der Waals surface area (Å²) in [6.45, 7) is 1.83. The van der Waals surface area contributed by atoms with Crippen LogP contribution in [0.1, 0.15) is 18.0 Å². The van der Waals surface area contributed by atoms with Crippen molar-refractivity contribution in [2.45, 2.75) is 18.9 Å². The Morgan fingerprint density at radius 2 is 2.23 bits per heavy atom. The normalized spacial score (nSPS) is 17.6. The van der Waals surface area contributed by atoms with Gasteiger partial charge in [0.05, 0.1) is 12.5 Å². The monoisotopic (exact) mass is 306 g/mol. The van der Waals surface area contributed by atoms with Crippen LogP contribution in [0.5, 0.6) is 0 Å². The van der Waals surface area contributed by atoms with Gasteiger partial charge in [0.25, 0.3) is 0 Å². The minimum absolute atomic E-state index is 0.0327. The number of halogens is 2. The summed E-state index contributed by atoms with van der Waals surface area (Å²) in [5.74, 6) is -1.74. The Balaban J connectivity index is 1.60. The Hall–Kier alpha value is -2.28. The summed E-state index contributed by atoms with van der Waals surface area (Å²) in [5.41, 5.74) is 0.413. The molecule has 2 N–H and O–H groups in total. The molecule has 2 aromatic rings. The van der Waals surface area contributed by atoms with Gasteiger partial charge < -0.3 is 10.6 Å². The summed E-state index contributed by atoms with van der Waals surface area (Å²) < 4.78 is 27.8. The van der Waals surface area contributed by atoms with Gasteiger partial charge in [0, 0.05) is 18.8 Å². The van der Waals surface area contributed by atoms with Crippen molar-refractivity contribution in [3.8, 4) is 0 Å². The quantitative estimate of drug-likeness (QED) is 0.907. The number of carbonyl (C=O) groups is 1. The first-order valence-corrected chi connectivity index (χ1v) is 7.11. The molecule has 1 atom stereocenters. The molecule has 1 amide bonds. The predicted octanol–water partition coefficient (Wildman–Crippen LogP) is 1.88. The van der Waals surface area contributed by atoms with E-state index in [9.17, 15) is 13.6 Å². The number of nitrogens with zero attached hydrogens (tertiary/aromatic N) is 2. The van der Waals surface area contributed by atoms with E-state index in [1.165, 1.54) is 6.07 Å². The Bertz CT molecular complexity index is 680. The van der Waals surface area contributed by atoms with Crippen molar-refractivity contribution >= 4 is 11.7 Å². The van der Waals surface area contributed by atoms with E-state index in [2.05, 4.69) is 15.7 Å². The van der Waals surface area contributed by atoms with E-state index >= 15 is 0 Å². The first-order chi connectivity index (χ1) is 10.6. The molecular weight excluding hydrogens is 290 g/mol. The number of nitrogens with one attached hydrogen (secondary N) is 2. The maximum Gasteiger partial charge on any atom is 0.229 e. The highest BCUT2D eigenvalue weighted by Gasteiger charge is 2.17. The third-order valence-electron chi connectivity index (χ3n) is 3.63. The van der Waals surface area contributed by atoms with Crippen LogP contribution in [0.4, 0.5) is 14.6 Å². The maximum atomic E-state index is 13.1. The van der Waals surface area contributed by atoms with Gasteiger partial charge in [0.2, 0.25) is 5.91 Å². The molecule has 116 valence electrons. The van der Waals surface area contributed by atoms with E-state index in [0.717, 1.165) is 31.6 Å². The molecule has 0 radical (unpaired) electrons. The number of hydrogen-bond donors (Lipinski definition) is 2. The lowest BCUT2D eigenvalue weighted by atomic mass is 10.1. The molecule has 5 nitrogen and oxygen atoms in total. The lowest BCUT2D eigenvalue weighted by Crippen LogP contribution is -2.17. The van der Waals surface area contributed by atoms with Crippen molar-refractivity contribution in [1.82, 2.24) is 15.1 Å². The van der Waals surface area contributed by atoms with Gasteiger partial charge in [-0.1, -0.05) is 6.07 Å². The number of rotatable bonds is 4. The highest BCUT2D eigenvalue weighted by atomic mass is 19.2. The molecule has 1 fully saturated rings. The van der Waals surface area contributed by atoms with E-state index in [4.69, 9.17) is 0 Å². The third-order valence-corrected chi connectivity index (χ3v) is 3.63. The lowest BCUT2D eigenvalue weighted by Gasteiger charge is -2.08. The molecule has 1 aliphatic rings. The van der Waals surface area contributed by atoms with Crippen LogP contribution >= 0.6 is 0 Å². The number of aromatic nitrogens is 2. The second-order valence-corrected chi connectivity index (χ2v) is 5.30. The van der Waals surface area contributed by atoms with Gasteiger partial charge in [-0.25, -0.2) is 8.78 Å². The highest BCUT2D eigenvalue weighted by molar-refractivity contribution is 5.91. The zero-order valence-electron chi connectivity index (χ0n) is 11.9. The summed E-state index contributed by atoms with van der Waals surface area (Å²) in [6, 6.07) is 5.46. The van der Waals surface area contributed by atoms with E-state index in [-0.39, 0.29) is 12.3 Å². The highest BCUT2D eigenvalue weighted by Crippen LogP contribution is 2.16. The Morgan fingerprint density at radius 1 is 1.36 bits per heavy atom. The molecule has 1 saturated heterocycles. The minimum Gasteiger partial charge on any atom is -0.315 e. The largest absolute Gasteiger partial charge is 0.315 e. The van der Waals surface area contributed by atoms with Crippen LogP contribution in [0.3, 0.4) is 0 Å². The average molecular weight is 306 g/mol. The number of amides is 1. The van der Waals surface area contributed by atoms with Gasteiger partial charge in [-0.2, -0.15) is 5.10 Å². The molecule has 0 bridgehead atoms. The van der Waals surface area contributed by atoms with E-state index in [1.807, 2.05) is 10.9 Å². The van der Waals surface area contributed by atoms with E-state index in [1.54, 1.807) is 6.07 Å². The van der Waals surface area contributed by atoms with Crippen LogP contribution in [0.25, 0.3) is 0 Å². The Morgan fingerprint density at radius 3 is 2.95 bits per heavy atom. The summed E-state index contributed by atoms with van der Waals surface area (Å²) in [7, 11) is 0. The topological polar surface area (TPSA) is 59.0 Å². The van der Waals surface area contributed by atoms with Crippen molar-refractivity contribution in [2.24, 2.45) is 0 Å². The van der Waals surface area contributed by atoms with Gasteiger partial charge in [-0.3, -0.25) is 9.48 Å². The van der Waals surface area contributed by atoms with E-state index in [0.29, 0.717) is 17.4 Å². The minimum atomic E-state index is -0.955. The molecule has 22 heavy (non-hydrogen) atoms. The molecule has 0 aliphatic carbocycles. The zero-order chi connectivity index (χ0) is 15.5. The molecule has 7 heteroatoms. The number of anilines is 1. The van der Waals surface area contributed by atoms with Crippen LogP contribution < -0.4 is 10.6 Å². The van der Waals surface area contributed by atoms with Crippen molar-refractivity contribution in [3.63, 3.8) is 0 Å². The van der Waals surface area contributed by atoms with Crippen LogP contribution in [0.2, 0.25) is 0 Å². The van der Waals surface area contributed by atoms with Gasteiger partial charge in [-0.15, -0.1) is 0 Å². The van der Waals surface area contributed by atoms with Crippen molar-refractivity contribution in [2.75, 3.05) is 18.4 Å². The number of hydrogen-bond acceptors (Lipinski definition) is 3. The zero-order valence-corrected chi connectivity index (χ0v) is 11.9. The molecule has 0 unspecified atom stereocenters. The number of benzene rings is 1. The smallest absolute Gasteiger partial charge is 0.229 e. The van der Waals surface area contributed by atoms with Crippen molar-refractivity contribution in [3.05, 3.63) is 47.7 Å². The fourth-order valence-corrected chi connectivity index (χ4v) is 2.50. The molecule has 2 heterocycles. The Kier molecular flexibility index (Phi) is 4.15. The number of carbonyl (C=O) groups excluding carboxylic acids is 1. The van der Waals surface area contributed by atoms with Gasteiger partial charge in [0.15, 0.2) is 17.5 Å². The van der Waals surface area contributed by atoms with Crippen LogP contribution in [0.15, 0.2) is 30.5 Å². The summed E-state index contributed by atoms with van der Waals surface area (Å²) in [5, 5.41) is 10.2. The maximum absolute atomic E-state index is 13.1. The first-order valence-electron chi connectivity index (χ1n) is 7.11. The molecule has 0 spiro atoms. The van der Waals surface area contributed by atoms with Gasteiger partial charge >= 0.3 is 0 Å². The standard InChI is InChI=1S/C15H16F2N4O/c16-12-2-1-10(7-13(12)17)8-15(22)19-14-4-6-21(20-14)11-3-5-18-9-11/h1-2,4,6-7,11,18H,3,5,8-9H2,(H,19,20,22)/t11-/m1/s1. The van der Waals surface area contributed by atoms with Crippen molar-refractivity contribution < 1.29 is 13.6 Å². The fourth-order valence-electron chi connectivity index (χ4n) is 2.50. The van der Waals surface area contributed by atoms with Gasteiger partial charge in [-0.05, 0) is 30.7 Å². The second-order valence-electron chi connectivity index (χ2n) is 5.30. The molecule has 1 aromatic heterocycles. The SMILES string of the molecule is O=C(Cc1ccc(F)c(F)c1)Nc1ccn([C@@H]2CCNC2)n1. The van der Waals surface area contributed by atoms with Crippen molar-refractivity contribution in [1.29, 1.82) is 0 Å². The predicted molar refractivity (Wildman–Crippen MR) is 77.4 cm³/mol. The molecule has 3 rings (SSSR count). The van der Waals surface area contributed by atoms with E-state index < -0.39 is 11.6 Å². The third kappa shape index (κ3) is 3.30. The van der Waals surface area contributed by atoms with Crippen LogP contribution in [-0.2, 0) is 11.2 Å². The molecular formula is C15H16F2N4O. The van der Waals surface area contributed by atoms with Gasteiger partial charge in [0.1, 0.15) is 0 Å². The summed E-state index contributed by atoms with van der Waals surface area (Å²) in [6.07, 6.45) is 2.80. The lowest BCUT2D eigenvalue weighted by molar-refractivity contribution is -0.115. The Labute approximate surface area is 126 Å². The average Bonchev–Trinajstić information content (AvgIpc) is 3.13. The second kappa shape index (κ2) is 6.23. The van der Waals surface area contributed by atoms with Crippen LogP contribution in [-0.4, -0.2) is 28.8 Å². The molecule has 0 saturated carbocycles. The summed E-state index contributed by atoms with van der Waals surface area (Å²) in [4.78, 5) is 11.9. The van der Waals surface area contributed by atoms with Crippen LogP contribution in [0, 0.1) is 11.6 Å².